The minimum absolute atomic E-state index is 0.266. The molecule has 0 radical (unpaired) electrons. The smallest absolute Gasteiger partial charge is 0.122 e. The molecule has 78 valence electrons. The summed E-state index contributed by atoms with van der Waals surface area (Å²) in [7, 11) is 0. The number of nitrogens with two attached hydrogens (primary N) is 1. The maximum absolute atomic E-state index is 5.80. The van der Waals surface area contributed by atoms with Crippen LogP contribution in [0.1, 0.15) is 31.6 Å². The summed E-state index contributed by atoms with van der Waals surface area (Å²) in [4.78, 5) is 2.44. The zero-order valence-corrected chi connectivity index (χ0v) is 8.65. The molecular weight excluding hydrogens is 176 g/mol. The monoisotopic (exact) mass is 194 g/mol. The molecule has 0 bridgehead atoms. The van der Waals surface area contributed by atoms with Crippen molar-refractivity contribution in [3.63, 3.8) is 0 Å². The van der Waals surface area contributed by atoms with Crippen molar-refractivity contribution in [2.75, 3.05) is 13.1 Å². The summed E-state index contributed by atoms with van der Waals surface area (Å²) < 4.78 is 5.43. The molecule has 0 aliphatic heterocycles. The van der Waals surface area contributed by atoms with Gasteiger partial charge in [-0.05, 0) is 31.5 Å². The van der Waals surface area contributed by atoms with E-state index in [9.17, 15) is 0 Å². The van der Waals surface area contributed by atoms with Crippen LogP contribution in [0.3, 0.4) is 0 Å². The molecule has 3 heteroatoms. The molecule has 1 aromatic heterocycles. The zero-order chi connectivity index (χ0) is 9.97. The maximum Gasteiger partial charge on any atom is 0.122 e. The van der Waals surface area contributed by atoms with Gasteiger partial charge in [0.15, 0.2) is 0 Å². The standard InChI is InChI=1S/C11H18N2O/c1-2-13(9-5-6-9)10(8-12)11-4-3-7-14-11/h3-4,7,9-10H,2,5-6,8,12H2,1H3. The van der Waals surface area contributed by atoms with Crippen LogP contribution >= 0.6 is 0 Å². The third-order valence-electron chi connectivity index (χ3n) is 2.88. The summed E-state index contributed by atoms with van der Waals surface area (Å²) >= 11 is 0. The van der Waals surface area contributed by atoms with Crippen LogP contribution in [0.15, 0.2) is 22.8 Å². The molecule has 1 fully saturated rings. The number of rotatable bonds is 5. The van der Waals surface area contributed by atoms with Gasteiger partial charge in [-0.25, -0.2) is 0 Å². The van der Waals surface area contributed by atoms with Crippen molar-refractivity contribution < 1.29 is 4.42 Å². The molecular formula is C11H18N2O. The average Bonchev–Trinajstić information content (AvgIpc) is 2.90. The molecule has 2 N–H and O–H groups in total. The average molecular weight is 194 g/mol. The summed E-state index contributed by atoms with van der Waals surface area (Å²) in [6.45, 7) is 3.87. The first kappa shape index (κ1) is 9.74. The fourth-order valence-electron chi connectivity index (χ4n) is 2.04. The summed E-state index contributed by atoms with van der Waals surface area (Å²) in [5.41, 5.74) is 5.80. The lowest BCUT2D eigenvalue weighted by molar-refractivity contribution is 0.179. The Labute approximate surface area is 84.9 Å². The summed E-state index contributed by atoms with van der Waals surface area (Å²) in [6, 6.07) is 4.95. The predicted octanol–water partition coefficient (Wildman–Crippen LogP) is 1.76. The number of hydrogen-bond acceptors (Lipinski definition) is 3. The number of furan rings is 1. The highest BCUT2D eigenvalue weighted by atomic mass is 16.3. The predicted molar refractivity (Wildman–Crippen MR) is 55.9 cm³/mol. The van der Waals surface area contributed by atoms with Crippen LogP contribution in [0.25, 0.3) is 0 Å². The van der Waals surface area contributed by atoms with Crippen LogP contribution in [0, 0.1) is 0 Å². The normalized spacial score (nSPS) is 18.8. The first-order chi connectivity index (χ1) is 6.86. The Balaban J connectivity index is 2.10. The summed E-state index contributed by atoms with van der Waals surface area (Å²) in [6.07, 6.45) is 4.34. The molecule has 0 amide bonds. The number of nitrogens with zero attached hydrogens (tertiary/aromatic N) is 1. The second-order valence-electron chi connectivity index (χ2n) is 3.83. The molecule has 0 saturated heterocycles. The Hall–Kier alpha value is -0.800. The van der Waals surface area contributed by atoms with E-state index < -0.39 is 0 Å². The van der Waals surface area contributed by atoms with Gasteiger partial charge in [0.1, 0.15) is 5.76 Å². The van der Waals surface area contributed by atoms with Crippen molar-refractivity contribution >= 4 is 0 Å². The second-order valence-corrected chi connectivity index (χ2v) is 3.83. The molecule has 0 aromatic carbocycles. The highest BCUT2D eigenvalue weighted by molar-refractivity contribution is 5.07. The van der Waals surface area contributed by atoms with Crippen LogP contribution in [0.2, 0.25) is 0 Å². The molecule has 1 saturated carbocycles. The summed E-state index contributed by atoms with van der Waals surface area (Å²) in [5.74, 6) is 1.00. The van der Waals surface area contributed by atoms with E-state index in [1.807, 2.05) is 12.1 Å². The Morgan fingerprint density at radius 1 is 1.64 bits per heavy atom. The van der Waals surface area contributed by atoms with Crippen LogP contribution in [0.5, 0.6) is 0 Å². The molecule has 0 spiro atoms. The van der Waals surface area contributed by atoms with Gasteiger partial charge in [0, 0.05) is 12.6 Å². The molecule has 1 heterocycles. The van der Waals surface area contributed by atoms with Crippen molar-refractivity contribution in [3.8, 4) is 0 Å². The molecule has 1 atom stereocenters. The van der Waals surface area contributed by atoms with E-state index >= 15 is 0 Å². The number of hydrogen-bond donors (Lipinski definition) is 1. The van der Waals surface area contributed by atoms with Gasteiger partial charge in [0.2, 0.25) is 0 Å². The molecule has 14 heavy (non-hydrogen) atoms. The van der Waals surface area contributed by atoms with Gasteiger partial charge >= 0.3 is 0 Å². The lowest BCUT2D eigenvalue weighted by Crippen LogP contribution is -2.35. The van der Waals surface area contributed by atoms with Gasteiger partial charge in [-0.1, -0.05) is 6.92 Å². The first-order valence-corrected chi connectivity index (χ1v) is 5.36. The Morgan fingerprint density at radius 2 is 2.43 bits per heavy atom. The molecule has 3 nitrogen and oxygen atoms in total. The highest BCUT2D eigenvalue weighted by Crippen LogP contribution is 2.33. The molecule has 1 aliphatic carbocycles. The van der Waals surface area contributed by atoms with Crippen LogP contribution in [-0.4, -0.2) is 24.0 Å². The van der Waals surface area contributed by atoms with E-state index in [1.54, 1.807) is 6.26 Å². The maximum atomic E-state index is 5.80. The summed E-state index contributed by atoms with van der Waals surface area (Å²) in [5, 5.41) is 0. The first-order valence-electron chi connectivity index (χ1n) is 5.36. The topological polar surface area (TPSA) is 42.4 Å². The molecule has 1 aromatic rings. The number of likely N-dealkylation sites (N-methyl/N-ethyl adjacent to an activating group) is 1. The van der Waals surface area contributed by atoms with E-state index in [-0.39, 0.29) is 6.04 Å². The van der Waals surface area contributed by atoms with Crippen molar-refractivity contribution in [2.24, 2.45) is 5.73 Å². The van der Waals surface area contributed by atoms with E-state index in [4.69, 9.17) is 10.2 Å². The lowest BCUT2D eigenvalue weighted by atomic mass is 10.2. The molecule has 1 aliphatic rings. The van der Waals surface area contributed by atoms with Crippen molar-refractivity contribution in [2.45, 2.75) is 31.8 Å². The third kappa shape index (κ3) is 1.83. The van der Waals surface area contributed by atoms with E-state index in [0.29, 0.717) is 6.54 Å². The lowest BCUT2D eigenvalue weighted by Gasteiger charge is -2.28. The Kier molecular flexibility index (Phi) is 2.89. The highest BCUT2D eigenvalue weighted by Gasteiger charge is 2.33. The van der Waals surface area contributed by atoms with Crippen LogP contribution in [-0.2, 0) is 0 Å². The van der Waals surface area contributed by atoms with Crippen molar-refractivity contribution in [1.29, 1.82) is 0 Å². The van der Waals surface area contributed by atoms with Crippen molar-refractivity contribution in [1.82, 2.24) is 4.90 Å². The molecule has 1 unspecified atom stereocenters. The van der Waals surface area contributed by atoms with Gasteiger partial charge in [-0.3, -0.25) is 4.90 Å². The van der Waals surface area contributed by atoms with E-state index in [1.165, 1.54) is 12.8 Å². The largest absolute Gasteiger partial charge is 0.468 e. The quantitative estimate of drug-likeness (QED) is 0.776. The van der Waals surface area contributed by atoms with Gasteiger partial charge in [0.05, 0.1) is 12.3 Å². The van der Waals surface area contributed by atoms with E-state index in [0.717, 1.165) is 18.3 Å². The Bertz CT molecular complexity index is 267. The van der Waals surface area contributed by atoms with Gasteiger partial charge in [-0.2, -0.15) is 0 Å². The van der Waals surface area contributed by atoms with Gasteiger partial charge in [0.25, 0.3) is 0 Å². The fourth-order valence-corrected chi connectivity index (χ4v) is 2.04. The van der Waals surface area contributed by atoms with Crippen LogP contribution in [0.4, 0.5) is 0 Å². The van der Waals surface area contributed by atoms with Gasteiger partial charge in [-0.15, -0.1) is 0 Å². The molecule has 2 rings (SSSR count). The fraction of sp³-hybridized carbons (Fsp3) is 0.636. The van der Waals surface area contributed by atoms with Crippen LogP contribution < -0.4 is 5.73 Å². The second kappa shape index (κ2) is 4.15. The van der Waals surface area contributed by atoms with E-state index in [2.05, 4.69) is 11.8 Å². The zero-order valence-electron chi connectivity index (χ0n) is 8.65. The Morgan fingerprint density at radius 3 is 2.86 bits per heavy atom. The third-order valence-corrected chi connectivity index (χ3v) is 2.88. The minimum Gasteiger partial charge on any atom is -0.468 e. The van der Waals surface area contributed by atoms with Gasteiger partial charge < -0.3 is 10.2 Å². The minimum atomic E-state index is 0.266. The SMILES string of the molecule is CCN(C1CC1)C(CN)c1ccco1. The van der Waals surface area contributed by atoms with Crippen molar-refractivity contribution in [3.05, 3.63) is 24.2 Å².